The number of carboxylic acid groups (broad SMARTS) is 1. The third kappa shape index (κ3) is 7.81. The number of amides is 1. The van der Waals surface area contributed by atoms with E-state index in [9.17, 15) is 32.3 Å². The van der Waals surface area contributed by atoms with Crippen LogP contribution < -0.4 is 10.1 Å². The van der Waals surface area contributed by atoms with Gasteiger partial charge >= 0.3 is 12.1 Å². The summed E-state index contributed by atoms with van der Waals surface area (Å²) in [5, 5.41) is 12.0. The van der Waals surface area contributed by atoms with E-state index in [-0.39, 0.29) is 30.2 Å². The summed E-state index contributed by atoms with van der Waals surface area (Å²) in [4.78, 5) is 24.0. The molecule has 0 saturated carbocycles. The predicted octanol–water partition coefficient (Wildman–Crippen LogP) is 4.99. The third-order valence-corrected chi connectivity index (χ3v) is 4.98. The van der Waals surface area contributed by atoms with E-state index in [0.29, 0.717) is 22.9 Å². The highest BCUT2D eigenvalue weighted by molar-refractivity contribution is 5.97. The summed E-state index contributed by atoms with van der Waals surface area (Å²) < 4.78 is 63.8. The van der Waals surface area contributed by atoms with Crippen LogP contribution in [0.3, 0.4) is 0 Å². The molecule has 0 fully saturated rings. The number of nitrogens with one attached hydrogen (secondary N) is 1. The molecule has 2 aromatic rings. The molecule has 0 aliphatic carbocycles. The SMILES string of the molecule is COc1ccc(CC(OC(C)C)C(=O)O)cc1CNC(=O)C(C)=Cc1cccc(C(F)(F)F)c1F. The standard InChI is InChI=1S/C25H27F4NO5/c1-14(2)35-21(24(32)33)12-16-8-9-20(34-4)18(11-16)13-30-23(31)15(3)10-17-6-5-7-19(22(17)26)25(27,28)29/h5-11,14,21H,12-13H2,1-4H3,(H,30,31)(H,32,33). The largest absolute Gasteiger partial charge is 0.496 e. The van der Waals surface area contributed by atoms with E-state index in [1.165, 1.54) is 14.0 Å². The molecule has 2 aromatic carbocycles. The van der Waals surface area contributed by atoms with E-state index < -0.39 is 35.5 Å². The number of methoxy groups -OCH3 is 1. The van der Waals surface area contributed by atoms with Gasteiger partial charge in [-0.05, 0) is 44.5 Å². The summed E-state index contributed by atoms with van der Waals surface area (Å²) in [6, 6.07) is 7.82. The molecule has 0 heterocycles. The third-order valence-electron chi connectivity index (χ3n) is 4.98. The van der Waals surface area contributed by atoms with Crippen LogP contribution in [0.5, 0.6) is 5.75 Å². The van der Waals surface area contributed by atoms with Gasteiger partial charge in [-0.15, -0.1) is 0 Å². The second kappa shape index (κ2) is 11.8. The van der Waals surface area contributed by atoms with Gasteiger partial charge < -0.3 is 19.9 Å². The summed E-state index contributed by atoms with van der Waals surface area (Å²) in [7, 11) is 1.43. The van der Waals surface area contributed by atoms with Crippen LogP contribution in [0.1, 0.15) is 43.0 Å². The summed E-state index contributed by atoms with van der Waals surface area (Å²) >= 11 is 0. The molecule has 0 saturated heterocycles. The second-order valence-electron chi connectivity index (χ2n) is 8.08. The predicted molar refractivity (Wildman–Crippen MR) is 121 cm³/mol. The molecule has 1 unspecified atom stereocenters. The van der Waals surface area contributed by atoms with E-state index in [4.69, 9.17) is 9.47 Å². The monoisotopic (exact) mass is 497 g/mol. The number of ether oxygens (including phenoxy) is 2. The van der Waals surface area contributed by atoms with Crippen LogP contribution in [0.15, 0.2) is 42.0 Å². The smallest absolute Gasteiger partial charge is 0.419 e. The highest BCUT2D eigenvalue weighted by Gasteiger charge is 2.34. The van der Waals surface area contributed by atoms with Gasteiger partial charge in [-0.25, -0.2) is 9.18 Å². The van der Waals surface area contributed by atoms with Crippen molar-refractivity contribution in [2.24, 2.45) is 0 Å². The number of aliphatic carboxylic acids is 1. The van der Waals surface area contributed by atoms with Gasteiger partial charge in [0.15, 0.2) is 6.10 Å². The van der Waals surface area contributed by atoms with Crippen LogP contribution in [0.25, 0.3) is 6.08 Å². The van der Waals surface area contributed by atoms with Gasteiger partial charge in [0.1, 0.15) is 11.6 Å². The normalized spacial score (nSPS) is 13.0. The Morgan fingerprint density at radius 2 is 1.86 bits per heavy atom. The highest BCUT2D eigenvalue weighted by atomic mass is 19.4. The topological polar surface area (TPSA) is 84.9 Å². The molecule has 190 valence electrons. The Labute approximate surface area is 200 Å². The zero-order chi connectivity index (χ0) is 26.3. The summed E-state index contributed by atoms with van der Waals surface area (Å²) in [5.74, 6) is -2.75. The molecule has 6 nitrogen and oxygen atoms in total. The summed E-state index contributed by atoms with van der Waals surface area (Å²) in [6.45, 7) is 4.79. The molecule has 2 rings (SSSR count). The Morgan fingerprint density at radius 3 is 2.43 bits per heavy atom. The lowest BCUT2D eigenvalue weighted by molar-refractivity contribution is -0.153. The number of halogens is 4. The van der Waals surface area contributed by atoms with Crippen molar-refractivity contribution in [1.29, 1.82) is 0 Å². The average molecular weight is 497 g/mol. The minimum absolute atomic E-state index is 0.00498. The molecule has 0 aromatic heterocycles. The van der Waals surface area contributed by atoms with Crippen LogP contribution >= 0.6 is 0 Å². The van der Waals surface area contributed by atoms with Crippen molar-refractivity contribution >= 4 is 18.0 Å². The van der Waals surface area contributed by atoms with Crippen molar-refractivity contribution in [3.63, 3.8) is 0 Å². The maximum Gasteiger partial charge on any atom is 0.419 e. The number of hydrogen-bond donors (Lipinski definition) is 2. The number of carbonyl (C=O) groups excluding carboxylic acids is 1. The zero-order valence-corrected chi connectivity index (χ0v) is 19.7. The first-order chi connectivity index (χ1) is 16.3. The first-order valence-corrected chi connectivity index (χ1v) is 10.7. The fraction of sp³-hybridized carbons (Fsp3) is 0.360. The van der Waals surface area contributed by atoms with E-state index in [0.717, 1.165) is 18.2 Å². The number of rotatable bonds is 10. The van der Waals surface area contributed by atoms with Crippen molar-refractivity contribution in [3.05, 3.63) is 70.0 Å². The van der Waals surface area contributed by atoms with Gasteiger partial charge in [-0.2, -0.15) is 13.2 Å². The number of alkyl halides is 3. The van der Waals surface area contributed by atoms with Gasteiger partial charge in [0.05, 0.1) is 18.8 Å². The Kier molecular flexibility index (Phi) is 9.41. The van der Waals surface area contributed by atoms with E-state index in [1.807, 2.05) is 0 Å². The number of carbonyl (C=O) groups is 2. The Morgan fingerprint density at radius 1 is 1.17 bits per heavy atom. The van der Waals surface area contributed by atoms with E-state index >= 15 is 0 Å². The molecular weight excluding hydrogens is 470 g/mol. The molecule has 35 heavy (non-hydrogen) atoms. The Hall–Kier alpha value is -3.40. The molecule has 2 N–H and O–H groups in total. The minimum atomic E-state index is -4.86. The first-order valence-electron chi connectivity index (χ1n) is 10.7. The van der Waals surface area contributed by atoms with E-state index in [2.05, 4.69) is 5.32 Å². The van der Waals surface area contributed by atoms with Gasteiger partial charge in [-0.1, -0.05) is 24.3 Å². The quantitative estimate of drug-likeness (QED) is 0.357. The zero-order valence-electron chi connectivity index (χ0n) is 19.7. The number of benzene rings is 2. The van der Waals surface area contributed by atoms with Crippen molar-refractivity contribution in [2.45, 2.75) is 52.1 Å². The Balaban J connectivity index is 2.18. The first kappa shape index (κ1) is 27.8. The molecular formula is C25H27F4NO5. The number of hydrogen-bond acceptors (Lipinski definition) is 4. The van der Waals surface area contributed by atoms with Crippen molar-refractivity contribution < 1.29 is 41.7 Å². The second-order valence-corrected chi connectivity index (χ2v) is 8.08. The van der Waals surface area contributed by atoms with Crippen LogP contribution in [-0.4, -0.2) is 36.3 Å². The molecule has 1 amide bonds. The maximum absolute atomic E-state index is 14.3. The molecule has 0 spiro atoms. The maximum atomic E-state index is 14.3. The number of carboxylic acids is 1. The molecule has 0 aliphatic rings. The van der Waals surface area contributed by atoms with Gasteiger partial charge in [0, 0.05) is 29.7 Å². The van der Waals surface area contributed by atoms with Crippen LogP contribution in [0.2, 0.25) is 0 Å². The lowest BCUT2D eigenvalue weighted by atomic mass is 10.0. The molecule has 1 atom stereocenters. The lowest BCUT2D eigenvalue weighted by Crippen LogP contribution is -2.29. The lowest BCUT2D eigenvalue weighted by Gasteiger charge is -2.18. The van der Waals surface area contributed by atoms with E-state index in [1.54, 1.807) is 32.0 Å². The van der Waals surface area contributed by atoms with Gasteiger partial charge in [-0.3, -0.25) is 4.79 Å². The van der Waals surface area contributed by atoms with Crippen LogP contribution in [0, 0.1) is 5.82 Å². The fourth-order valence-corrected chi connectivity index (χ4v) is 3.33. The highest BCUT2D eigenvalue weighted by Crippen LogP contribution is 2.33. The molecule has 0 radical (unpaired) electrons. The van der Waals surface area contributed by atoms with Crippen molar-refractivity contribution in [1.82, 2.24) is 5.32 Å². The van der Waals surface area contributed by atoms with Gasteiger partial charge in [0.2, 0.25) is 5.91 Å². The van der Waals surface area contributed by atoms with Crippen LogP contribution in [0.4, 0.5) is 17.6 Å². The van der Waals surface area contributed by atoms with Gasteiger partial charge in [0.25, 0.3) is 0 Å². The molecule has 0 aliphatic heterocycles. The fourth-order valence-electron chi connectivity index (χ4n) is 3.33. The minimum Gasteiger partial charge on any atom is -0.496 e. The molecule has 10 heteroatoms. The summed E-state index contributed by atoms with van der Waals surface area (Å²) in [5.41, 5.74) is -0.597. The van der Waals surface area contributed by atoms with Crippen LogP contribution in [-0.2, 0) is 33.5 Å². The Bertz CT molecular complexity index is 1100. The summed E-state index contributed by atoms with van der Waals surface area (Å²) in [6.07, 6.45) is -5.07. The van der Waals surface area contributed by atoms with Crippen molar-refractivity contribution in [3.8, 4) is 5.75 Å². The average Bonchev–Trinajstić information content (AvgIpc) is 2.77. The molecule has 0 bridgehead atoms. The van der Waals surface area contributed by atoms with Crippen molar-refractivity contribution in [2.75, 3.05) is 7.11 Å².